The first kappa shape index (κ1) is 20.2. The van der Waals surface area contributed by atoms with Crippen LogP contribution >= 0.6 is 0 Å². The lowest BCUT2D eigenvalue weighted by molar-refractivity contribution is 0.0701. The first-order chi connectivity index (χ1) is 13.3. The molecule has 1 aliphatic rings. The summed E-state index contributed by atoms with van der Waals surface area (Å²) < 4.78 is 13.2. The van der Waals surface area contributed by atoms with E-state index in [0.717, 1.165) is 25.1 Å². The number of nitrogen functional groups attached to an aromatic ring is 1. The number of anilines is 1. The topological polar surface area (TPSA) is 75.3 Å². The van der Waals surface area contributed by atoms with Gasteiger partial charge in [0.15, 0.2) is 0 Å². The van der Waals surface area contributed by atoms with Crippen molar-refractivity contribution in [1.82, 2.24) is 19.8 Å². The van der Waals surface area contributed by atoms with Gasteiger partial charge in [0.2, 0.25) is 5.95 Å². The third-order valence-corrected chi connectivity index (χ3v) is 5.33. The molecule has 1 amide bonds. The maximum Gasteiger partial charge on any atom is 0.257 e. The minimum Gasteiger partial charge on any atom is -0.368 e. The zero-order valence-corrected chi connectivity index (χ0v) is 16.7. The third-order valence-electron chi connectivity index (χ3n) is 5.33. The van der Waals surface area contributed by atoms with E-state index in [-0.39, 0.29) is 23.7 Å². The Morgan fingerprint density at radius 2 is 2.00 bits per heavy atom. The summed E-state index contributed by atoms with van der Waals surface area (Å²) in [4.78, 5) is 25.5. The molecular formula is C21H28FN5O. The van der Waals surface area contributed by atoms with Crippen molar-refractivity contribution in [2.24, 2.45) is 5.92 Å². The van der Waals surface area contributed by atoms with Crippen LogP contribution in [0.3, 0.4) is 0 Å². The van der Waals surface area contributed by atoms with Crippen molar-refractivity contribution >= 4 is 11.9 Å². The van der Waals surface area contributed by atoms with E-state index in [1.165, 1.54) is 18.3 Å². The van der Waals surface area contributed by atoms with E-state index < -0.39 is 0 Å². The maximum absolute atomic E-state index is 13.2. The van der Waals surface area contributed by atoms with E-state index in [9.17, 15) is 9.18 Å². The minimum absolute atomic E-state index is 0.0493. The lowest BCUT2D eigenvalue weighted by Crippen LogP contribution is -2.45. The fourth-order valence-electron chi connectivity index (χ4n) is 3.77. The number of halogens is 1. The van der Waals surface area contributed by atoms with Crippen LogP contribution in [0.5, 0.6) is 0 Å². The monoisotopic (exact) mass is 385 g/mol. The Morgan fingerprint density at radius 1 is 1.29 bits per heavy atom. The van der Waals surface area contributed by atoms with Gasteiger partial charge < -0.3 is 10.6 Å². The third kappa shape index (κ3) is 4.65. The van der Waals surface area contributed by atoms with Gasteiger partial charge in [-0.2, -0.15) is 0 Å². The van der Waals surface area contributed by atoms with Gasteiger partial charge in [0.05, 0.1) is 11.3 Å². The van der Waals surface area contributed by atoms with E-state index >= 15 is 0 Å². The number of carbonyl (C=O) groups excluding carboxylic acids is 1. The van der Waals surface area contributed by atoms with Crippen LogP contribution in [0.2, 0.25) is 0 Å². The standard InChI is InChI=1S/C21H28FN5O/c1-14(2)19-13-27(20(28)18-11-24-21(23)25-15(18)3)10-4-9-26(19)12-16-5-7-17(22)8-6-16/h5-8,11,14,19H,4,9-10,12-13H2,1-3H3,(H2,23,24,25). The van der Waals surface area contributed by atoms with Crippen molar-refractivity contribution in [2.75, 3.05) is 25.4 Å². The zero-order valence-electron chi connectivity index (χ0n) is 16.7. The molecule has 0 spiro atoms. The molecule has 3 rings (SSSR count). The SMILES string of the molecule is Cc1nc(N)ncc1C(=O)N1CCCN(Cc2ccc(F)cc2)C(C(C)C)C1. The molecule has 0 radical (unpaired) electrons. The van der Waals surface area contributed by atoms with E-state index in [0.29, 0.717) is 30.3 Å². The highest BCUT2D eigenvalue weighted by Crippen LogP contribution is 2.22. The number of rotatable bonds is 4. The van der Waals surface area contributed by atoms with Gasteiger partial charge in [-0.15, -0.1) is 0 Å². The highest BCUT2D eigenvalue weighted by Gasteiger charge is 2.30. The molecule has 28 heavy (non-hydrogen) atoms. The molecule has 7 heteroatoms. The molecule has 1 atom stereocenters. The van der Waals surface area contributed by atoms with E-state index in [1.54, 1.807) is 6.92 Å². The number of carbonyl (C=O) groups is 1. The van der Waals surface area contributed by atoms with Crippen molar-refractivity contribution < 1.29 is 9.18 Å². The maximum atomic E-state index is 13.2. The highest BCUT2D eigenvalue weighted by molar-refractivity contribution is 5.95. The van der Waals surface area contributed by atoms with Gasteiger partial charge in [0.25, 0.3) is 5.91 Å². The summed E-state index contributed by atoms with van der Waals surface area (Å²) in [5, 5.41) is 0. The number of nitrogens with zero attached hydrogens (tertiary/aromatic N) is 4. The second-order valence-corrected chi connectivity index (χ2v) is 7.74. The zero-order chi connectivity index (χ0) is 20.3. The average molecular weight is 385 g/mol. The molecule has 1 unspecified atom stereocenters. The Bertz CT molecular complexity index is 824. The molecule has 0 bridgehead atoms. The number of aromatic nitrogens is 2. The molecule has 1 aromatic carbocycles. The average Bonchev–Trinajstić information content (AvgIpc) is 2.86. The highest BCUT2D eigenvalue weighted by atomic mass is 19.1. The van der Waals surface area contributed by atoms with Crippen LogP contribution in [0.1, 0.15) is 41.9 Å². The largest absolute Gasteiger partial charge is 0.368 e. The molecular weight excluding hydrogens is 357 g/mol. The molecule has 2 aromatic rings. The number of benzene rings is 1. The van der Waals surface area contributed by atoms with Gasteiger partial charge in [0.1, 0.15) is 5.82 Å². The summed E-state index contributed by atoms with van der Waals surface area (Å²) in [6, 6.07) is 6.87. The first-order valence-corrected chi connectivity index (χ1v) is 9.72. The van der Waals surface area contributed by atoms with Gasteiger partial charge in [-0.3, -0.25) is 9.69 Å². The molecule has 2 heterocycles. The normalized spacial score (nSPS) is 18.3. The van der Waals surface area contributed by atoms with Crippen molar-refractivity contribution in [3.63, 3.8) is 0 Å². The van der Waals surface area contributed by atoms with Crippen molar-refractivity contribution in [3.8, 4) is 0 Å². The van der Waals surface area contributed by atoms with Gasteiger partial charge in [-0.1, -0.05) is 26.0 Å². The van der Waals surface area contributed by atoms with Crippen molar-refractivity contribution in [3.05, 3.63) is 53.1 Å². The van der Waals surface area contributed by atoms with Crippen LogP contribution in [-0.4, -0.2) is 51.4 Å². The number of hydrogen-bond donors (Lipinski definition) is 1. The van der Waals surface area contributed by atoms with Crippen LogP contribution in [0.4, 0.5) is 10.3 Å². The number of aryl methyl sites for hydroxylation is 1. The summed E-state index contributed by atoms with van der Waals surface area (Å²) in [7, 11) is 0. The molecule has 1 aliphatic heterocycles. The summed E-state index contributed by atoms with van der Waals surface area (Å²) in [5.74, 6) is 0.276. The number of amides is 1. The predicted octanol–water partition coefficient (Wildman–Crippen LogP) is 2.88. The summed E-state index contributed by atoms with van der Waals surface area (Å²) in [5.41, 5.74) is 7.80. The fraction of sp³-hybridized carbons (Fsp3) is 0.476. The lowest BCUT2D eigenvalue weighted by atomic mass is 10.0. The second kappa shape index (κ2) is 8.65. The van der Waals surface area contributed by atoms with Crippen LogP contribution in [0.25, 0.3) is 0 Å². The molecule has 1 fully saturated rings. The van der Waals surface area contributed by atoms with Gasteiger partial charge in [-0.05, 0) is 37.0 Å². The molecule has 0 saturated carbocycles. The van der Waals surface area contributed by atoms with E-state index in [1.807, 2.05) is 17.0 Å². The van der Waals surface area contributed by atoms with Gasteiger partial charge >= 0.3 is 0 Å². The Labute approximate surface area is 165 Å². The molecule has 1 saturated heterocycles. The first-order valence-electron chi connectivity index (χ1n) is 9.72. The smallest absolute Gasteiger partial charge is 0.257 e. The molecule has 1 aromatic heterocycles. The second-order valence-electron chi connectivity index (χ2n) is 7.74. The predicted molar refractivity (Wildman–Crippen MR) is 107 cm³/mol. The Kier molecular flexibility index (Phi) is 6.24. The Hall–Kier alpha value is -2.54. The Morgan fingerprint density at radius 3 is 2.64 bits per heavy atom. The van der Waals surface area contributed by atoms with Crippen LogP contribution in [0, 0.1) is 18.7 Å². The minimum atomic E-state index is -0.224. The van der Waals surface area contributed by atoms with Gasteiger partial charge in [-0.25, -0.2) is 14.4 Å². The lowest BCUT2D eigenvalue weighted by Gasteiger charge is -2.34. The number of nitrogens with two attached hydrogens (primary N) is 1. The fourth-order valence-corrected chi connectivity index (χ4v) is 3.77. The number of hydrogen-bond acceptors (Lipinski definition) is 5. The van der Waals surface area contributed by atoms with Gasteiger partial charge in [0, 0.05) is 38.4 Å². The molecule has 0 aliphatic carbocycles. The van der Waals surface area contributed by atoms with Crippen LogP contribution in [-0.2, 0) is 6.54 Å². The molecule has 6 nitrogen and oxygen atoms in total. The summed E-state index contributed by atoms with van der Waals surface area (Å²) in [6.45, 7) is 9.09. The van der Waals surface area contributed by atoms with E-state index in [4.69, 9.17) is 5.73 Å². The molecule has 2 N–H and O–H groups in total. The quantitative estimate of drug-likeness (QED) is 0.876. The Balaban J connectivity index is 1.78. The van der Waals surface area contributed by atoms with Crippen molar-refractivity contribution in [2.45, 2.75) is 39.8 Å². The van der Waals surface area contributed by atoms with E-state index in [2.05, 4.69) is 28.7 Å². The van der Waals surface area contributed by atoms with Crippen molar-refractivity contribution in [1.29, 1.82) is 0 Å². The summed E-state index contributed by atoms with van der Waals surface area (Å²) in [6.07, 6.45) is 2.40. The van der Waals surface area contributed by atoms with Crippen LogP contribution in [0.15, 0.2) is 30.5 Å². The molecule has 150 valence electrons. The summed E-state index contributed by atoms with van der Waals surface area (Å²) >= 11 is 0. The van der Waals surface area contributed by atoms with Crippen LogP contribution < -0.4 is 5.73 Å².